The molecule has 0 unspecified atom stereocenters. The van der Waals surface area contributed by atoms with Gasteiger partial charge in [-0.2, -0.15) is 0 Å². The zero-order valence-electron chi connectivity index (χ0n) is 17.5. The summed E-state index contributed by atoms with van der Waals surface area (Å²) >= 11 is 0. The monoisotopic (exact) mass is 396 g/mol. The largest absolute Gasteiger partial charge is 0.423 e. The minimum Gasteiger partial charge on any atom is -0.423 e. The maximum Gasteiger partial charge on any atom is 0.336 e. The second-order valence-electron chi connectivity index (χ2n) is 8.45. The van der Waals surface area contributed by atoms with Crippen LogP contribution in [0.5, 0.6) is 0 Å². The number of hydrogen-bond donors (Lipinski definition) is 0. The second-order valence-corrected chi connectivity index (χ2v) is 8.45. The van der Waals surface area contributed by atoms with Crippen LogP contribution in [0.2, 0.25) is 0 Å². The van der Waals surface area contributed by atoms with Gasteiger partial charge in [0.1, 0.15) is 5.58 Å². The number of hydrogen-bond acceptors (Lipinski definition) is 4. The van der Waals surface area contributed by atoms with E-state index in [2.05, 4.69) is 62.1 Å². The van der Waals surface area contributed by atoms with Crippen molar-refractivity contribution >= 4 is 38.8 Å². The Kier molecular flexibility index (Phi) is 4.24. The summed E-state index contributed by atoms with van der Waals surface area (Å²) in [4.78, 5) is 19.3. The van der Waals surface area contributed by atoms with Crippen LogP contribution in [0.25, 0.3) is 21.7 Å². The first-order chi connectivity index (χ1) is 14.5. The maximum absolute atomic E-state index is 11.8. The molecule has 1 aliphatic heterocycles. The summed E-state index contributed by atoms with van der Waals surface area (Å²) in [6.45, 7) is 7.58. The van der Waals surface area contributed by atoms with Crippen LogP contribution >= 0.6 is 0 Å². The molecule has 3 aromatic carbocycles. The lowest BCUT2D eigenvalue weighted by molar-refractivity contribution is 0.476. The van der Waals surface area contributed by atoms with Crippen LogP contribution < -0.4 is 10.5 Å². The van der Waals surface area contributed by atoms with E-state index in [0.717, 1.165) is 41.0 Å². The minimum atomic E-state index is -0.334. The third-order valence-corrected chi connectivity index (χ3v) is 6.00. The van der Waals surface area contributed by atoms with Crippen LogP contribution in [0, 0.1) is 0 Å². The molecule has 1 aromatic heterocycles. The van der Waals surface area contributed by atoms with Crippen molar-refractivity contribution in [1.82, 2.24) is 0 Å². The molecule has 4 nitrogen and oxygen atoms in total. The molecule has 0 bridgehead atoms. The molecular formula is C26H24N2O2. The molecule has 0 N–H and O–H groups in total. The third-order valence-electron chi connectivity index (χ3n) is 6.00. The van der Waals surface area contributed by atoms with E-state index in [4.69, 9.17) is 9.41 Å². The number of nitrogens with zero attached hydrogens (tertiary/aromatic N) is 2. The third kappa shape index (κ3) is 3.00. The van der Waals surface area contributed by atoms with Crippen LogP contribution in [0.3, 0.4) is 0 Å². The average molecular weight is 396 g/mol. The number of benzene rings is 3. The van der Waals surface area contributed by atoms with E-state index in [1.807, 2.05) is 24.3 Å². The van der Waals surface area contributed by atoms with Gasteiger partial charge in [0.2, 0.25) is 0 Å². The van der Waals surface area contributed by atoms with Crippen molar-refractivity contribution in [3.8, 4) is 0 Å². The Balaban J connectivity index is 1.77. The van der Waals surface area contributed by atoms with Gasteiger partial charge in [-0.1, -0.05) is 30.3 Å². The van der Waals surface area contributed by atoms with Gasteiger partial charge < -0.3 is 9.32 Å². The molecule has 1 aliphatic rings. The summed E-state index contributed by atoms with van der Waals surface area (Å²) in [5.41, 5.74) is 4.35. The Bertz CT molecular complexity index is 1360. The highest BCUT2D eigenvalue weighted by molar-refractivity contribution is 6.17. The van der Waals surface area contributed by atoms with E-state index >= 15 is 0 Å². The van der Waals surface area contributed by atoms with Crippen LogP contribution in [0.4, 0.5) is 11.4 Å². The number of aliphatic imine (C=N–C) groups is 1. The fraction of sp³-hybridized carbons (Fsp3) is 0.231. The van der Waals surface area contributed by atoms with Crippen molar-refractivity contribution in [1.29, 1.82) is 0 Å². The van der Waals surface area contributed by atoms with Gasteiger partial charge in [0, 0.05) is 41.2 Å². The van der Waals surface area contributed by atoms with Gasteiger partial charge in [0.05, 0.1) is 11.4 Å². The predicted molar refractivity (Wildman–Crippen MR) is 124 cm³/mol. The van der Waals surface area contributed by atoms with Crippen molar-refractivity contribution in [2.45, 2.75) is 32.7 Å². The molecule has 0 atom stereocenters. The van der Waals surface area contributed by atoms with E-state index in [1.54, 1.807) is 0 Å². The summed E-state index contributed by atoms with van der Waals surface area (Å²) in [5.74, 6) is 0. The smallest absolute Gasteiger partial charge is 0.336 e. The molecule has 2 heterocycles. The summed E-state index contributed by atoms with van der Waals surface area (Å²) < 4.78 is 5.48. The molecule has 0 spiro atoms. The number of fused-ring (bicyclic) bond motifs is 4. The molecule has 4 heteroatoms. The zero-order valence-corrected chi connectivity index (χ0v) is 17.5. The van der Waals surface area contributed by atoms with E-state index in [-0.39, 0.29) is 11.2 Å². The zero-order chi connectivity index (χ0) is 20.9. The van der Waals surface area contributed by atoms with Gasteiger partial charge >= 0.3 is 5.63 Å². The first-order valence-corrected chi connectivity index (χ1v) is 10.4. The topological polar surface area (TPSA) is 45.8 Å². The molecule has 0 saturated carbocycles. The Hall–Kier alpha value is -3.40. The Labute approximate surface area is 175 Å². The van der Waals surface area contributed by atoms with Crippen LogP contribution in [-0.2, 0) is 0 Å². The quantitative estimate of drug-likeness (QED) is 0.386. The Morgan fingerprint density at radius 3 is 2.60 bits per heavy atom. The van der Waals surface area contributed by atoms with Gasteiger partial charge in [-0.3, -0.25) is 4.99 Å². The van der Waals surface area contributed by atoms with Crippen molar-refractivity contribution in [3.05, 3.63) is 82.7 Å². The molecule has 0 aliphatic carbocycles. The fourth-order valence-corrected chi connectivity index (χ4v) is 4.68. The van der Waals surface area contributed by atoms with Gasteiger partial charge in [-0.05, 0) is 61.9 Å². The van der Waals surface area contributed by atoms with Crippen molar-refractivity contribution < 1.29 is 4.42 Å². The summed E-state index contributed by atoms with van der Waals surface area (Å²) in [6, 6.07) is 21.9. The molecule has 0 radical (unpaired) electrons. The van der Waals surface area contributed by atoms with Crippen molar-refractivity contribution in [3.63, 3.8) is 0 Å². The Morgan fingerprint density at radius 1 is 1.00 bits per heavy atom. The highest BCUT2D eigenvalue weighted by Crippen LogP contribution is 2.41. The van der Waals surface area contributed by atoms with Crippen LogP contribution in [0.1, 0.15) is 32.8 Å². The van der Waals surface area contributed by atoms with Crippen LogP contribution in [-0.4, -0.2) is 17.8 Å². The van der Waals surface area contributed by atoms with Crippen molar-refractivity contribution in [2.75, 3.05) is 11.4 Å². The molecule has 5 rings (SSSR count). The second kappa shape index (κ2) is 6.84. The SMILES string of the molecule is CCN1c2ccc3oc(=O)ccc3c2C(=Nc2ccc3ccccc3c2)CC1(C)C. The minimum absolute atomic E-state index is 0.0687. The maximum atomic E-state index is 11.8. The molecule has 0 fully saturated rings. The molecule has 4 aromatic rings. The van der Waals surface area contributed by atoms with E-state index < -0.39 is 0 Å². The van der Waals surface area contributed by atoms with Gasteiger partial charge in [0.15, 0.2) is 0 Å². The van der Waals surface area contributed by atoms with Gasteiger partial charge in [0.25, 0.3) is 0 Å². The Morgan fingerprint density at radius 2 is 1.80 bits per heavy atom. The van der Waals surface area contributed by atoms with E-state index in [1.165, 1.54) is 16.8 Å². The summed E-state index contributed by atoms with van der Waals surface area (Å²) in [5, 5.41) is 3.31. The highest BCUT2D eigenvalue weighted by atomic mass is 16.4. The molecule has 0 saturated heterocycles. The fourth-order valence-electron chi connectivity index (χ4n) is 4.68. The van der Waals surface area contributed by atoms with Gasteiger partial charge in [-0.25, -0.2) is 4.79 Å². The molecule has 150 valence electrons. The lowest BCUT2D eigenvalue weighted by Gasteiger charge is -2.45. The lowest BCUT2D eigenvalue weighted by atomic mass is 9.83. The van der Waals surface area contributed by atoms with Gasteiger partial charge in [-0.15, -0.1) is 0 Å². The van der Waals surface area contributed by atoms with E-state index in [9.17, 15) is 4.79 Å². The summed E-state index contributed by atoms with van der Waals surface area (Å²) in [6.07, 6.45) is 0.804. The number of rotatable bonds is 2. The lowest BCUT2D eigenvalue weighted by Crippen LogP contribution is -2.49. The average Bonchev–Trinajstić information content (AvgIpc) is 2.72. The standard InChI is InChI=1S/C26H24N2O2/c1-4-28-22-12-13-23-20(11-14-24(29)30-23)25(22)21(16-26(28,2)3)27-19-10-9-17-7-5-6-8-18(17)15-19/h5-15H,4,16H2,1-3H3. The normalized spacial score (nSPS) is 16.9. The van der Waals surface area contributed by atoms with Crippen LogP contribution in [0.15, 0.2) is 80.9 Å². The molecular weight excluding hydrogens is 372 g/mol. The van der Waals surface area contributed by atoms with E-state index in [0.29, 0.717) is 5.58 Å². The highest BCUT2D eigenvalue weighted by Gasteiger charge is 2.36. The first-order valence-electron chi connectivity index (χ1n) is 10.4. The number of anilines is 1. The molecule has 0 amide bonds. The van der Waals surface area contributed by atoms with Crippen molar-refractivity contribution in [2.24, 2.45) is 4.99 Å². The summed E-state index contributed by atoms with van der Waals surface area (Å²) in [7, 11) is 0. The molecule has 30 heavy (non-hydrogen) atoms. The predicted octanol–water partition coefficient (Wildman–Crippen LogP) is 6.08. The first kappa shape index (κ1) is 18.6.